The molecular formula is C18H18FNO4. The Hall–Kier alpha value is -2.89. The third kappa shape index (κ3) is 5.39. The number of halogens is 1. The van der Waals surface area contributed by atoms with Gasteiger partial charge >= 0.3 is 5.97 Å². The molecule has 0 aromatic heterocycles. The van der Waals surface area contributed by atoms with Crippen LogP contribution in [0.1, 0.15) is 23.7 Å². The molecule has 1 N–H and O–H groups in total. The van der Waals surface area contributed by atoms with Gasteiger partial charge in [-0.25, -0.2) is 9.18 Å². The van der Waals surface area contributed by atoms with Gasteiger partial charge in [0.2, 0.25) is 0 Å². The zero-order valence-corrected chi connectivity index (χ0v) is 13.3. The van der Waals surface area contributed by atoms with Crippen molar-refractivity contribution in [2.45, 2.75) is 13.3 Å². The molecule has 0 aliphatic rings. The van der Waals surface area contributed by atoms with E-state index in [0.717, 1.165) is 6.42 Å². The standard InChI is InChI=1S/C18H18FNO4/c1-2-10-23-16-8-6-13(7-9-16)18(22)24-12-17(21)20-15-5-3-4-14(19)11-15/h3-9,11H,2,10,12H2,1H3,(H,20,21). The van der Waals surface area contributed by atoms with Gasteiger partial charge in [-0.05, 0) is 48.9 Å². The van der Waals surface area contributed by atoms with Gasteiger partial charge in [0.25, 0.3) is 5.91 Å². The Morgan fingerprint density at radius 3 is 2.54 bits per heavy atom. The molecule has 1 amide bonds. The van der Waals surface area contributed by atoms with Gasteiger partial charge in [-0.2, -0.15) is 0 Å². The summed E-state index contributed by atoms with van der Waals surface area (Å²) in [5, 5.41) is 2.45. The van der Waals surface area contributed by atoms with Crippen molar-refractivity contribution in [3.05, 3.63) is 59.9 Å². The van der Waals surface area contributed by atoms with Crippen molar-refractivity contribution in [1.82, 2.24) is 0 Å². The van der Waals surface area contributed by atoms with Gasteiger partial charge in [-0.15, -0.1) is 0 Å². The minimum atomic E-state index is -0.619. The Morgan fingerprint density at radius 1 is 1.12 bits per heavy atom. The monoisotopic (exact) mass is 331 g/mol. The summed E-state index contributed by atoms with van der Waals surface area (Å²) in [6.07, 6.45) is 0.893. The molecule has 5 nitrogen and oxygen atoms in total. The number of carbonyl (C=O) groups excluding carboxylic acids is 2. The largest absolute Gasteiger partial charge is 0.494 e. The van der Waals surface area contributed by atoms with E-state index in [9.17, 15) is 14.0 Å². The lowest BCUT2D eigenvalue weighted by Gasteiger charge is -2.08. The minimum absolute atomic E-state index is 0.300. The zero-order valence-electron chi connectivity index (χ0n) is 13.3. The Bertz CT molecular complexity index is 700. The molecule has 6 heteroatoms. The molecule has 2 rings (SSSR count). The molecule has 0 saturated carbocycles. The van der Waals surface area contributed by atoms with Gasteiger partial charge in [0.1, 0.15) is 11.6 Å². The number of ether oxygens (including phenoxy) is 2. The average Bonchev–Trinajstić information content (AvgIpc) is 2.58. The molecular weight excluding hydrogens is 313 g/mol. The van der Waals surface area contributed by atoms with Crippen LogP contribution >= 0.6 is 0 Å². The number of hydrogen-bond donors (Lipinski definition) is 1. The van der Waals surface area contributed by atoms with Crippen LogP contribution in [-0.2, 0) is 9.53 Å². The predicted molar refractivity (Wildman–Crippen MR) is 87.5 cm³/mol. The molecule has 0 unspecified atom stereocenters. The van der Waals surface area contributed by atoms with Gasteiger partial charge in [0.15, 0.2) is 6.61 Å². The third-order valence-electron chi connectivity index (χ3n) is 3.01. The molecule has 0 heterocycles. The van der Waals surface area contributed by atoms with Crippen LogP contribution in [0.4, 0.5) is 10.1 Å². The van der Waals surface area contributed by atoms with E-state index >= 15 is 0 Å². The fourth-order valence-corrected chi connectivity index (χ4v) is 1.88. The molecule has 24 heavy (non-hydrogen) atoms. The van der Waals surface area contributed by atoms with Crippen LogP contribution in [0.25, 0.3) is 0 Å². The summed E-state index contributed by atoms with van der Waals surface area (Å²) in [6, 6.07) is 11.9. The van der Waals surface area contributed by atoms with Crippen LogP contribution in [0.15, 0.2) is 48.5 Å². The van der Waals surface area contributed by atoms with Crippen LogP contribution in [0.5, 0.6) is 5.75 Å². The zero-order chi connectivity index (χ0) is 17.4. The number of nitrogens with one attached hydrogen (secondary N) is 1. The highest BCUT2D eigenvalue weighted by Gasteiger charge is 2.11. The highest BCUT2D eigenvalue weighted by molar-refractivity contribution is 5.95. The fourth-order valence-electron chi connectivity index (χ4n) is 1.88. The van der Waals surface area contributed by atoms with E-state index in [-0.39, 0.29) is 0 Å². The number of amides is 1. The lowest BCUT2D eigenvalue weighted by molar-refractivity contribution is -0.119. The highest BCUT2D eigenvalue weighted by Crippen LogP contribution is 2.13. The van der Waals surface area contributed by atoms with Crippen molar-refractivity contribution < 1.29 is 23.5 Å². The molecule has 0 spiro atoms. The number of carbonyl (C=O) groups is 2. The van der Waals surface area contributed by atoms with Gasteiger partial charge in [0, 0.05) is 5.69 Å². The second-order valence-corrected chi connectivity index (χ2v) is 5.01. The SMILES string of the molecule is CCCOc1ccc(C(=O)OCC(=O)Nc2cccc(F)c2)cc1. The van der Waals surface area contributed by atoms with Crippen molar-refractivity contribution in [3.8, 4) is 5.75 Å². The second kappa shape index (κ2) is 8.67. The molecule has 0 bridgehead atoms. The van der Waals surface area contributed by atoms with Crippen molar-refractivity contribution in [3.63, 3.8) is 0 Å². The maximum atomic E-state index is 13.0. The maximum absolute atomic E-state index is 13.0. The third-order valence-corrected chi connectivity index (χ3v) is 3.01. The molecule has 0 aliphatic heterocycles. The van der Waals surface area contributed by atoms with Crippen molar-refractivity contribution in [1.29, 1.82) is 0 Å². The molecule has 0 fully saturated rings. The summed E-state index contributed by atoms with van der Waals surface area (Å²) >= 11 is 0. The van der Waals surface area contributed by atoms with E-state index in [1.54, 1.807) is 24.3 Å². The van der Waals surface area contributed by atoms with E-state index in [1.807, 2.05) is 6.92 Å². The smallest absolute Gasteiger partial charge is 0.338 e. The van der Waals surface area contributed by atoms with Gasteiger partial charge in [0.05, 0.1) is 12.2 Å². The first-order valence-electron chi connectivity index (χ1n) is 7.54. The van der Waals surface area contributed by atoms with Crippen LogP contribution in [0.3, 0.4) is 0 Å². The number of anilines is 1. The highest BCUT2D eigenvalue weighted by atomic mass is 19.1. The van der Waals surface area contributed by atoms with Gasteiger partial charge < -0.3 is 14.8 Å². The van der Waals surface area contributed by atoms with E-state index in [2.05, 4.69) is 5.32 Å². The first kappa shape index (κ1) is 17.5. The van der Waals surface area contributed by atoms with Crippen molar-refractivity contribution in [2.24, 2.45) is 0 Å². The van der Waals surface area contributed by atoms with Gasteiger partial charge in [-0.1, -0.05) is 13.0 Å². The van der Waals surface area contributed by atoms with Crippen molar-refractivity contribution in [2.75, 3.05) is 18.5 Å². The normalized spacial score (nSPS) is 10.1. The lowest BCUT2D eigenvalue weighted by Crippen LogP contribution is -2.21. The minimum Gasteiger partial charge on any atom is -0.494 e. The summed E-state index contributed by atoms with van der Waals surface area (Å²) in [5.74, 6) is -0.962. The number of rotatable bonds is 7. The summed E-state index contributed by atoms with van der Waals surface area (Å²) in [4.78, 5) is 23.6. The molecule has 0 radical (unpaired) electrons. The average molecular weight is 331 g/mol. The molecule has 0 atom stereocenters. The summed E-state index contributed by atoms with van der Waals surface area (Å²) in [5.41, 5.74) is 0.617. The molecule has 0 aliphatic carbocycles. The molecule has 0 saturated heterocycles. The maximum Gasteiger partial charge on any atom is 0.338 e. The number of benzene rings is 2. The number of esters is 1. The second-order valence-electron chi connectivity index (χ2n) is 5.01. The van der Waals surface area contributed by atoms with Crippen LogP contribution in [0.2, 0.25) is 0 Å². The molecule has 126 valence electrons. The summed E-state index contributed by atoms with van der Waals surface area (Å²) in [6.45, 7) is 2.15. The summed E-state index contributed by atoms with van der Waals surface area (Å²) in [7, 11) is 0. The first-order chi connectivity index (χ1) is 11.6. The van der Waals surface area contributed by atoms with E-state index in [4.69, 9.17) is 9.47 Å². The van der Waals surface area contributed by atoms with Crippen LogP contribution in [-0.4, -0.2) is 25.1 Å². The quantitative estimate of drug-likeness (QED) is 0.790. The lowest BCUT2D eigenvalue weighted by atomic mass is 10.2. The fraction of sp³-hybridized carbons (Fsp3) is 0.222. The first-order valence-corrected chi connectivity index (χ1v) is 7.54. The molecule has 2 aromatic carbocycles. The van der Waals surface area contributed by atoms with E-state index < -0.39 is 24.3 Å². The predicted octanol–water partition coefficient (Wildman–Crippen LogP) is 3.41. The van der Waals surface area contributed by atoms with Crippen LogP contribution in [0, 0.1) is 5.82 Å². The Morgan fingerprint density at radius 2 is 1.88 bits per heavy atom. The Balaban J connectivity index is 1.82. The Labute approximate surface area is 139 Å². The van der Waals surface area contributed by atoms with Crippen molar-refractivity contribution >= 4 is 17.6 Å². The van der Waals surface area contributed by atoms with Crippen LogP contribution < -0.4 is 10.1 Å². The van der Waals surface area contributed by atoms with E-state index in [0.29, 0.717) is 23.6 Å². The number of hydrogen-bond acceptors (Lipinski definition) is 4. The Kier molecular flexibility index (Phi) is 6.31. The summed E-state index contributed by atoms with van der Waals surface area (Å²) < 4.78 is 23.4. The van der Waals surface area contributed by atoms with Gasteiger partial charge in [-0.3, -0.25) is 4.79 Å². The van der Waals surface area contributed by atoms with E-state index in [1.165, 1.54) is 24.3 Å². The molecule has 2 aromatic rings. The topological polar surface area (TPSA) is 64.6 Å².